The summed E-state index contributed by atoms with van der Waals surface area (Å²) in [5.41, 5.74) is -1.54. The maximum atomic E-state index is 13.6. The van der Waals surface area contributed by atoms with E-state index in [1.54, 1.807) is 0 Å². The summed E-state index contributed by atoms with van der Waals surface area (Å²) in [5.74, 6) is -0.927. The maximum Gasteiger partial charge on any atom is 0.416 e. The van der Waals surface area contributed by atoms with E-state index < -0.39 is 29.8 Å². The van der Waals surface area contributed by atoms with Gasteiger partial charge in [0, 0.05) is 24.2 Å². The molecule has 0 unspecified atom stereocenters. The standard InChI is InChI=1S/C27H34F3N3O5S/c1-26(2,3)22-15-32(14-19-8-6-12-37-19)24(39-22)31-23(34)20-13-17(27(28,29)30)9-10-21(20)38-16-18-7-4-5-11-33(18)25(35)36/h9-10,13,15,18-19H,4-8,11-12,14,16H2,1-3H3,(H,35,36)/b31-24-/t18-,19+/m0/s1. The van der Waals surface area contributed by atoms with Crippen LogP contribution in [-0.4, -0.2) is 58.5 Å². The predicted octanol–water partition coefficient (Wildman–Crippen LogP) is 5.70. The van der Waals surface area contributed by atoms with Crippen LogP contribution in [0.2, 0.25) is 0 Å². The van der Waals surface area contributed by atoms with E-state index in [2.05, 4.69) is 4.99 Å². The van der Waals surface area contributed by atoms with Crippen LogP contribution in [0.3, 0.4) is 0 Å². The van der Waals surface area contributed by atoms with Gasteiger partial charge in [0.05, 0.1) is 29.8 Å². The first-order valence-electron chi connectivity index (χ1n) is 13.1. The maximum absolute atomic E-state index is 13.6. The molecule has 0 bridgehead atoms. The molecule has 2 saturated heterocycles. The number of carboxylic acid groups (broad SMARTS) is 1. The van der Waals surface area contributed by atoms with Crippen molar-refractivity contribution in [3.05, 3.63) is 45.2 Å². The summed E-state index contributed by atoms with van der Waals surface area (Å²) in [6.07, 6.45) is 0.0744. The number of nitrogens with zero attached hydrogens (tertiary/aromatic N) is 3. The molecule has 2 aliphatic heterocycles. The first kappa shape index (κ1) is 29.1. The molecule has 1 aromatic heterocycles. The van der Waals surface area contributed by atoms with Crippen LogP contribution in [0.1, 0.15) is 73.7 Å². The van der Waals surface area contributed by atoms with Gasteiger partial charge in [-0.15, -0.1) is 11.3 Å². The van der Waals surface area contributed by atoms with Crippen molar-refractivity contribution in [1.82, 2.24) is 9.47 Å². The summed E-state index contributed by atoms with van der Waals surface area (Å²) in [7, 11) is 0. The Hall–Kier alpha value is -2.86. The third kappa shape index (κ3) is 7.21. The number of piperidine rings is 1. The molecule has 2 aromatic rings. The fraction of sp³-hybridized carbons (Fsp3) is 0.593. The number of carbonyl (C=O) groups excluding carboxylic acids is 1. The minimum atomic E-state index is -4.67. The summed E-state index contributed by atoms with van der Waals surface area (Å²) >= 11 is 1.31. The van der Waals surface area contributed by atoms with E-state index >= 15 is 0 Å². The molecule has 1 N–H and O–H groups in total. The number of benzene rings is 1. The van der Waals surface area contributed by atoms with E-state index in [1.165, 1.54) is 16.2 Å². The van der Waals surface area contributed by atoms with Crippen LogP contribution < -0.4 is 9.54 Å². The number of hydrogen-bond acceptors (Lipinski definition) is 5. The SMILES string of the molecule is CC(C)(C)c1cn(C[C@H]2CCCO2)/c(=N/C(=O)c2cc(C(F)(F)F)ccc2OC[C@@H]2CCCCN2C(=O)O)s1. The molecule has 214 valence electrons. The van der Waals surface area contributed by atoms with E-state index in [0.717, 1.165) is 48.8 Å². The van der Waals surface area contributed by atoms with Crippen molar-refractivity contribution in [1.29, 1.82) is 0 Å². The Labute approximate surface area is 229 Å². The number of aromatic nitrogens is 1. The highest BCUT2D eigenvalue weighted by molar-refractivity contribution is 7.09. The van der Waals surface area contributed by atoms with Gasteiger partial charge in [-0.2, -0.15) is 18.2 Å². The van der Waals surface area contributed by atoms with Crippen molar-refractivity contribution >= 4 is 23.3 Å². The number of alkyl halides is 3. The Balaban J connectivity index is 1.69. The highest BCUT2D eigenvalue weighted by Gasteiger charge is 2.33. The first-order valence-corrected chi connectivity index (χ1v) is 13.9. The second-order valence-electron chi connectivity index (χ2n) is 11.0. The summed E-state index contributed by atoms with van der Waals surface area (Å²) < 4.78 is 54.1. The Bertz CT molecular complexity index is 1260. The fourth-order valence-corrected chi connectivity index (χ4v) is 5.77. The van der Waals surface area contributed by atoms with Crippen LogP contribution in [0.25, 0.3) is 0 Å². The first-order chi connectivity index (χ1) is 18.3. The molecule has 2 fully saturated rings. The van der Waals surface area contributed by atoms with Crippen molar-refractivity contribution in [2.45, 2.75) is 83.2 Å². The molecule has 2 atom stereocenters. The zero-order valence-electron chi connectivity index (χ0n) is 22.3. The molecular formula is C27H34F3N3O5S. The van der Waals surface area contributed by atoms with Crippen LogP contribution in [0, 0.1) is 0 Å². The van der Waals surface area contributed by atoms with E-state index in [1.807, 2.05) is 31.5 Å². The number of ether oxygens (including phenoxy) is 2. The molecule has 39 heavy (non-hydrogen) atoms. The highest BCUT2D eigenvalue weighted by atomic mass is 32.1. The summed E-state index contributed by atoms with van der Waals surface area (Å²) in [6.45, 7) is 7.53. The predicted molar refractivity (Wildman–Crippen MR) is 139 cm³/mol. The van der Waals surface area contributed by atoms with Gasteiger partial charge in [-0.25, -0.2) is 4.79 Å². The average Bonchev–Trinajstić information content (AvgIpc) is 3.52. The zero-order valence-corrected chi connectivity index (χ0v) is 23.1. The van der Waals surface area contributed by atoms with E-state index in [-0.39, 0.29) is 29.4 Å². The van der Waals surface area contributed by atoms with Gasteiger partial charge in [0.2, 0.25) is 0 Å². The van der Waals surface area contributed by atoms with Gasteiger partial charge >= 0.3 is 12.3 Å². The third-order valence-electron chi connectivity index (χ3n) is 6.92. The second-order valence-corrected chi connectivity index (χ2v) is 12.0. The van der Waals surface area contributed by atoms with Crippen molar-refractivity contribution < 1.29 is 37.3 Å². The Kier molecular flexibility index (Phi) is 8.75. The van der Waals surface area contributed by atoms with Crippen LogP contribution in [0.4, 0.5) is 18.0 Å². The molecule has 0 saturated carbocycles. The third-order valence-corrected chi connectivity index (χ3v) is 8.37. The van der Waals surface area contributed by atoms with Crippen molar-refractivity contribution in [2.75, 3.05) is 19.8 Å². The lowest BCUT2D eigenvalue weighted by atomic mass is 9.95. The topological polar surface area (TPSA) is 93.4 Å². The van der Waals surface area contributed by atoms with Gasteiger partial charge < -0.3 is 24.0 Å². The quantitative estimate of drug-likeness (QED) is 0.482. The summed E-state index contributed by atoms with van der Waals surface area (Å²) in [4.78, 5) is 31.9. The van der Waals surface area contributed by atoms with Crippen molar-refractivity contribution in [3.8, 4) is 5.75 Å². The Morgan fingerprint density at radius 2 is 1.95 bits per heavy atom. The molecular weight excluding hydrogens is 535 g/mol. The van der Waals surface area contributed by atoms with Gasteiger partial charge in [0.15, 0.2) is 4.80 Å². The van der Waals surface area contributed by atoms with Gasteiger partial charge in [-0.05, 0) is 55.7 Å². The Morgan fingerprint density at radius 1 is 1.18 bits per heavy atom. The Morgan fingerprint density at radius 3 is 2.59 bits per heavy atom. The van der Waals surface area contributed by atoms with Crippen LogP contribution in [0.15, 0.2) is 29.4 Å². The van der Waals surface area contributed by atoms with Crippen LogP contribution >= 0.6 is 11.3 Å². The number of thiazole rings is 1. The molecule has 12 heteroatoms. The minimum Gasteiger partial charge on any atom is -0.491 e. The zero-order chi connectivity index (χ0) is 28.4. The van der Waals surface area contributed by atoms with Crippen molar-refractivity contribution in [2.24, 2.45) is 4.99 Å². The molecule has 0 spiro atoms. The molecule has 2 aliphatic rings. The number of carbonyl (C=O) groups is 2. The van der Waals surface area contributed by atoms with Crippen LogP contribution in [-0.2, 0) is 22.9 Å². The minimum absolute atomic E-state index is 0.0263. The summed E-state index contributed by atoms with van der Waals surface area (Å²) in [5, 5.41) is 9.49. The molecule has 3 heterocycles. The average molecular weight is 570 g/mol. The molecule has 1 aromatic carbocycles. The normalized spacial score (nSPS) is 20.9. The van der Waals surface area contributed by atoms with Gasteiger partial charge in [0.1, 0.15) is 12.4 Å². The lowest BCUT2D eigenvalue weighted by Crippen LogP contribution is -2.46. The lowest BCUT2D eigenvalue weighted by Gasteiger charge is -2.33. The fourth-order valence-electron chi connectivity index (χ4n) is 4.71. The second kappa shape index (κ2) is 11.7. The molecule has 4 rings (SSSR count). The number of hydrogen-bond donors (Lipinski definition) is 1. The van der Waals surface area contributed by atoms with E-state index in [9.17, 15) is 27.9 Å². The number of likely N-dealkylation sites (tertiary alicyclic amines) is 1. The molecule has 0 radical (unpaired) electrons. The number of halogens is 3. The summed E-state index contributed by atoms with van der Waals surface area (Å²) in [6, 6.07) is 2.25. The molecule has 0 aliphatic carbocycles. The van der Waals surface area contributed by atoms with Gasteiger partial charge in [-0.3, -0.25) is 4.79 Å². The van der Waals surface area contributed by atoms with Gasteiger partial charge in [-0.1, -0.05) is 20.8 Å². The smallest absolute Gasteiger partial charge is 0.416 e. The molecule has 8 nitrogen and oxygen atoms in total. The molecule has 2 amide bonds. The van der Waals surface area contributed by atoms with Gasteiger partial charge in [0.25, 0.3) is 5.91 Å². The largest absolute Gasteiger partial charge is 0.491 e. The van der Waals surface area contributed by atoms with E-state index in [0.29, 0.717) is 30.9 Å². The lowest BCUT2D eigenvalue weighted by molar-refractivity contribution is -0.137. The van der Waals surface area contributed by atoms with Crippen LogP contribution in [0.5, 0.6) is 5.75 Å². The van der Waals surface area contributed by atoms with Crippen molar-refractivity contribution in [3.63, 3.8) is 0 Å². The monoisotopic (exact) mass is 569 g/mol. The number of rotatable bonds is 6. The van der Waals surface area contributed by atoms with E-state index in [4.69, 9.17) is 9.47 Å². The number of amides is 2. The highest BCUT2D eigenvalue weighted by Crippen LogP contribution is 2.33.